The summed E-state index contributed by atoms with van der Waals surface area (Å²) in [6, 6.07) is 16.2. The van der Waals surface area contributed by atoms with E-state index in [0.29, 0.717) is 23.4 Å². The zero-order valence-electron chi connectivity index (χ0n) is 16.3. The van der Waals surface area contributed by atoms with Crippen LogP contribution in [0.5, 0.6) is 5.75 Å². The van der Waals surface area contributed by atoms with Gasteiger partial charge in [0.15, 0.2) is 0 Å². The van der Waals surface area contributed by atoms with Crippen LogP contribution in [0.15, 0.2) is 85.5 Å². The number of carboxylic acids is 1. The van der Waals surface area contributed by atoms with Crippen LogP contribution < -0.4 is 4.74 Å². The second-order valence-electron chi connectivity index (χ2n) is 6.94. The molecule has 0 bridgehead atoms. The van der Waals surface area contributed by atoms with Gasteiger partial charge in [0.25, 0.3) is 0 Å². The van der Waals surface area contributed by atoms with Gasteiger partial charge >= 0.3 is 5.97 Å². The average Bonchev–Trinajstić information content (AvgIpc) is 3.27. The molecule has 4 rings (SSSR count). The van der Waals surface area contributed by atoms with E-state index < -0.39 is 17.9 Å². The molecule has 0 amide bonds. The zero-order valence-corrected chi connectivity index (χ0v) is 16.3. The van der Waals surface area contributed by atoms with Crippen LogP contribution in [0.3, 0.4) is 0 Å². The molecule has 1 heterocycles. The third-order valence-electron chi connectivity index (χ3n) is 4.83. The van der Waals surface area contributed by atoms with Gasteiger partial charge in [-0.2, -0.15) is 0 Å². The van der Waals surface area contributed by atoms with Gasteiger partial charge in [0, 0.05) is 12.4 Å². The third kappa shape index (κ3) is 4.78. The van der Waals surface area contributed by atoms with Gasteiger partial charge < -0.3 is 14.4 Å². The maximum Gasteiger partial charge on any atom is 0.336 e. The number of rotatable bonds is 7. The van der Waals surface area contributed by atoms with Gasteiger partial charge in [0.05, 0.1) is 18.4 Å². The summed E-state index contributed by atoms with van der Waals surface area (Å²) >= 11 is 0. The molecular formula is C24H18F2N2O3. The van der Waals surface area contributed by atoms with E-state index in [2.05, 4.69) is 4.98 Å². The molecule has 0 aliphatic heterocycles. The van der Waals surface area contributed by atoms with Crippen LogP contribution in [0.1, 0.15) is 22.0 Å². The molecule has 3 aromatic carbocycles. The van der Waals surface area contributed by atoms with Crippen molar-refractivity contribution in [2.45, 2.75) is 12.6 Å². The minimum Gasteiger partial charge on any atom is -0.484 e. The number of hydrogen-bond acceptors (Lipinski definition) is 3. The number of ether oxygens (including phenoxy) is 1. The molecule has 0 radical (unpaired) electrons. The van der Waals surface area contributed by atoms with E-state index in [9.17, 15) is 18.7 Å². The number of aromatic carboxylic acids is 1. The molecule has 1 unspecified atom stereocenters. The SMILES string of the molecule is O=C(O)c1ccc(OC(Cn2ccnc2)c2ccc(F)cc2)cc1-c1ccc(F)cc1. The molecule has 31 heavy (non-hydrogen) atoms. The first-order valence-corrected chi connectivity index (χ1v) is 9.51. The fraction of sp³-hybridized carbons (Fsp3) is 0.0833. The van der Waals surface area contributed by atoms with Crippen molar-refractivity contribution < 1.29 is 23.4 Å². The number of benzene rings is 3. The second-order valence-corrected chi connectivity index (χ2v) is 6.94. The summed E-state index contributed by atoms with van der Waals surface area (Å²) in [6.07, 6.45) is 4.61. The van der Waals surface area contributed by atoms with Gasteiger partial charge in [0.1, 0.15) is 23.5 Å². The Kier molecular flexibility index (Phi) is 5.75. The highest BCUT2D eigenvalue weighted by molar-refractivity contribution is 5.96. The number of hydrogen-bond donors (Lipinski definition) is 1. The van der Waals surface area contributed by atoms with Crippen LogP contribution in [0.2, 0.25) is 0 Å². The fourth-order valence-corrected chi connectivity index (χ4v) is 3.29. The van der Waals surface area contributed by atoms with Gasteiger partial charge in [-0.1, -0.05) is 24.3 Å². The molecule has 4 aromatic rings. The summed E-state index contributed by atoms with van der Waals surface area (Å²) in [5.74, 6) is -1.43. The lowest BCUT2D eigenvalue weighted by Crippen LogP contribution is -2.15. The molecule has 5 nitrogen and oxygen atoms in total. The molecule has 1 atom stereocenters. The molecule has 0 fully saturated rings. The van der Waals surface area contributed by atoms with Crippen molar-refractivity contribution in [3.05, 3.63) is 108 Å². The second kappa shape index (κ2) is 8.79. The molecular weight excluding hydrogens is 402 g/mol. The molecule has 156 valence electrons. The number of carbonyl (C=O) groups is 1. The Morgan fingerprint density at radius 3 is 2.29 bits per heavy atom. The normalized spacial score (nSPS) is 11.8. The highest BCUT2D eigenvalue weighted by atomic mass is 19.1. The lowest BCUT2D eigenvalue weighted by molar-refractivity contribution is 0.0697. The van der Waals surface area contributed by atoms with Crippen molar-refractivity contribution in [1.29, 1.82) is 0 Å². The van der Waals surface area contributed by atoms with E-state index in [-0.39, 0.29) is 11.4 Å². The summed E-state index contributed by atoms with van der Waals surface area (Å²) in [5, 5.41) is 9.57. The Bertz CT molecular complexity index is 1170. The topological polar surface area (TPSA) is 64.3 Å². The van der Waals surface area contributed by atoms with Gasteiger partial charge in [-0.25, -0.2) is 18.6 Å². The van der Waals surface area contributed by atoms with Crippen LogP contribution in [0.25, 0.3) is 11.1 Å². The van der Waals surface area contributed by atoms with Crippen molar-refractivity contribution in [2.24, 2.45) is 0 Å². The summed E-state index contributed by atoms with van der Waals surface area (Å²) in [6.45, 7) is 0.415. The standard InChI is InChI=1S/C24H18F2N2O3/c25-18-5-1-16(2-6-18)22-13-20(9-10-21(22)24(29)30)31-23(14-28-12-11-27-15-28)17-3-7-19(26)8-4-17/h1-13,15,23H,14H2,(H,29,30). The predicted molar refractivity (Wildman–Crippen MR) is 111 cm³/mol. The van der Waals surface area contributed by atoms with Crippen LogP contribution in [-0.4, -0.2) is 20.6 Å². The van der Waals surface area contributed by atoms with E-state index in [0.717, 1.165) is 5.56 Å². The molecule has 0 aliphatic carbocycles. The molecule has 0 saturated carbocycles. The van der Waals surface area contributed by atoms with E-state index in [1.165, 1.54) is 42.5 Å². The maximum atomic E-state index is 13.4. The summed E-state index contributed by atoms with van der Waals surface area (Å²) in [5.41, 5.74) is 1.79. The van der Waals surface area contributed by atoms with Crippen molar-refractivity contribution >= 4 is 5.97 Å². The molecule has 0 aliphatic rings. The Morgan fingerprint density at radius 2 is 1.68 bits per heavy atom. The number of halogens is 2. The van der Waals surface area contributed by atoms with Gasteiger partial charge in [0.2, 0.25) is 0 Å². The van der Waals surface area contributed by atoms with Crippen molar-refractivity contribution in [1.82, 2.24) is 9.55 Å². The zero-order chi connectivity index (χ0) is 21.8. The summed E-state index contributed by atoms with van der Waals surface area (Å²) in [4.78, 5) is 15.7. The highest BCUT2D eigenvalue weighted by Crippen LogP contribution is 2.31. The Balaban J connectivity index is 1.70. The lowest BCUT2D eigenvalue weighted by atomic mass is 9.99. The van der Waals surface area contributed by atoms with Gasteiger partial charge in [-0.05, 0) is 59.2 Å². The first-order valence-electron chi connectivity index (χ1n) is 9.51. The summed E-state index contributed by atoms with van der Waals surface area (Å²) in [7, 11) is 0. The minimum absolute atomic E-state index is 0.0758. The number of aromatic nitrogens is 2. The van der Waals surface area contributed by atoms with E-state index in [1.54, 1.807) is 43.0 Å². The monoisotopic (exact) mass is 420 g/mol. The molecule has 1 aromatic heterocycles. The largest absolute Gasteiger partial charge is 0.484 e. The van der Waals surface area contributed by atoms with Crippen LogP contribution in [0.4, 0.5) is 8.78 Å². The van der Waals surface area contributed by atoms with Crippen LogP contribution in [-0.2, 0) is 6.54 Å². The predicted octanol–water partition coefficient (Wildman–Crippen LogP) is 5.35. The number of nitrogens with zero attached hydrogens (tertiary/aromatic N) is 2. The van der Waals surface area contributed by atoms with Crippen molar-refractivity contribution in [2.75, 3.05) is 0 Å². The minimum atomic E-state index is -1.10. The molecule has 0 saturated heterocycles. The van der Waals surface area contributed by atoms with E-state index in [4.69, 9.17) is 4.74 Å². The van der Waals surface area contributed by atoms with Gasteiger partial charge in [-0.3, -0.25) is 0 Å². The number of imidazole rings is 1. The number of carboxylic acid groups (broad SMARTS) is 1. The van der Waals surface area contributed by atoms with Crippen LogP contribution >= 0.6 is 0 Å². The quantitative estimate of drug-likeness (QED) is 0.438. The lowest BCUT2D eigenvalue weighted by Gasteiger charge is -2.21. The summed E-state index contributed by atoms with van der Waals surface area (Å²) < 4.78 is 34.8. The third-order valence-corrected chi connectivity index (χ3v) is 4.83. The Hall–Kier alpha value is -4.00. The fourth-order valence-electron chi connectivity index (χ4n) is 3.29. The first kappa shape index (κ1) is 20.3. The Labute approximate surface area is 177 Å². The van der Waals surface area contributed by atoms with Crippen molar-refractivity contribution in [3.63, 3.8) is 0 Å². The maximum absolute atomic E-state index is 13.4. The highest BCUT2D eigenvalue weighted by Gasteiger charge is 2.18. The van der Waals surface area contributed by atoms with Crippen molar-refractivity contribution in [3.8, 4) is 16.9 Å². The van der Waals surface area contributed by atoms with E-state index in [1.807, 2.05) is 4.57 Å². The molecule has 7 heteroatoms. The average molecular weight is 420 g/mol. The Morgan fingerprint density at radius 1 is 1.00 bits per heavy atom. The molecule has 1 N–H and O–H groups in total. The first-order chi connectivity index (χ1) is 15.0. The molecule has 0 spiro atoms. The van der Waals surface area contributed by atoms with Gasteiger partial charge in [-0.15, -0.1) is 0 Å². The van der Waals surface area contributed by atoms with E-state index >= 15 is 0 Å². The van der Waals surface area contributed by atoms with Crippen LogP contribution in [0, 0.1) is 11.6 Å². The smallest absolute Gasteiger partial charge is 0.336 e.